The van der Waals surface area contributed by atoms with Crippen LogP contribution in [0, 0.1) is 6.92 Å². The van der Waals surface area contributed by atoms with Gasteiger partial charge in [-0.2, -0.15) is 0 Å². The van der Waals surface area contributed by atoms with Crippen LogP contribution in [0.2, 0.25) is 0 Å². The molecule has 0 fully saturated rings. The standard InChI is InChI=1S/C23H16O/c1-14-6-7-19-11-18-9-8-17-10-15-4-2-3-5-16(15)12-20(17)21(18)13-22(19)23(14)24/h2-13,24H,1H3. The van der Waals surface area contributed by atoms with E-state index in [1.165, 1.54) is 32.3 Å². The van der Waals surface area contributed by atoms with Gasteiger partial charge in [0.25, 0.3) is 0 Å². The number of phenolic OH excluding ortho intramolecular Hbond substituents is 1. The summed E-state index contributed by atoms with van der Waals surface area (Å²) in [5, 5.41) is 19.8. The molecule has 0 spiro atoms. The zero-order valence-electron chi connectivity index (χ0n) is 13.4. The molecule has 0 aliphatic carbocycles. The van der Waals surface area contributed by atoms with Crippen molar-refractivity contribution in [2.75, 3.05) is 0 Å². The summed E-state index contributed by atoms with van der Waals surface area (Å²) in [5.74, 6) is 0.382. The second-order valence-corrected chi connectivity index (χ2v) is 6.51. The van der Waals surface area contributed by atoms with Crippen LogP contribution in [0.25, 0.3) is 43.1 Å². The Balaban J connectivity index is 1.99. The molecule has 0 aliphatic heterocycles. The molecule has 5 rings (SSSR count). The molecule has 24 heavy (non-hydrogen) atoms. The van der Waals surface area contributed by atoms with Gasteiger partial charge in [0.05, 0.1) is 0 Å². The molecule has 1 heteroatoms. The fraction of sp³-hybridized carbons (Fsp3) is 0.0435. The molecule has 0 amide bonds. The van der Waals surface area contributed by atoms with E-state index in [9.17, 15) is 5.11 Å². The average molecular weight is 308 g/mol. The van der Waals surface area contributed by atoms with E-state index < -0.39 is 0 Å². The maximum atomic E-state index is 10.5. The van der Waals surface area contributed by atoms with Crippen molar-refractivity contribution in [3.8, 4) is 5.75 Å². The molecule has 0 radical (unpaired) electrons. The van der Waals surface area contributed by atoms with Crippen LogP contribution in [0.3, 0.4) is 0 Å². The van der Waals surface area contributed by atoms with Crippen LogP contribution in [-0.4, -0.2) is 5.11 Å². The van der Waals surface area contributed by atoms with Gasteiger partial charge in [0.2, 0.25) is 0 Å². The van der Waals surface area contributed by atoms with Crippen molar-refractivity contribution in [2.24, 2.45) is 0 Å². The van der Waals surface area contributed by atoms with Gasteiger partial charge in [0.15, 0.2) is 0 Å². The number of hydrogen-bond acceptors (Lipinski definition) is 1. The SMILES string of the molecule is Cc1ccc2cc3ccc4cc5ccccc5cc4c3cc2c1O. The number of hydrogen-bond donors (Lipinski definition) is 1. The third-order valence-electron chi connectivity index (χ3n) is 5.01. The van der Waals surface area contributed by atoms with Crippen LogP contribution in [-0.2, 0) is 0 Å². The van der Waals surface area contributed by atoms with Crippen molar-refractivity contribution < 1.29 is 5.11 Å². The first-order valence-electron chi connectivity index (χ1n) is 8.18. The molecular formula is C23H16O. The largest absolute Gasteiger partial charge is 0.507 e. The lowest BCUT2D eigenvalue weighted by molar-refractivity contribution is 0.477. The second kappa shape index (κ2) is 4.72. The molecule has 0 aliphatic rings. The quantitative estimate of drug-likeness (QED) is 0.262. The Morgan fingerprint density at radius 1 is 0.542 bits per heavy atom. The number of aromatic hydroxyl groups is 1. The molecule has 0 bridgehead atoms. The van der Waals surface area contributed by atoms with E-state index in [1.807, 2.05) is 13.0 Å². The Kier molecular flexibility index (Phi) is 2.63. The second-order valence-electron chi connectivity index (χ2n) is 6.51. The highest BCUT2D eigenvalue weighted by molar-refractivity contribution is 6.15. The number of rotatable bonds is 0. The van der Waals surface area contributed by atoms with Crippen molar-refractivity contribution in [1.29, 1.82) is 0 Å². The van der Waals surface area contributed by atoms with Gasteiger partial charge in [-0.15, -0.1) is 0 Å². The minimum atomic E-state index is 0.382. The van der Waals surface area contributed by atoms with E-state index in [2.05, 4.69) is 66.7 Å². The number of aryl methyl sites for hydroxylation is 1. The Morgan fingerprint density at radius 2 is 1.08 bits per heavy atom. The molecule has 0 saturated carbocycles. The fourth-order valence-corrected chi connectivity index (χ4v) is 3.66. The third kappa shape index (κ3) is 1.82. The topological polar surface area (TPSA) is 20.2 Å². The first kappa shape index (κ1) is 13.4. The highest BCUT2D eigenvalue weighted by Gasteiger charge is 2.08. The summed E-state index contributed by atoms with van der Waals surface area (Å²) >= 11 is 0. The summed E-state index contributed by atoms with van der Waals surface area (Å²) in [6.07, 6.45) is 0. The van der Waals surface area contributed by atoms with Crippen molar-refractivity contribution in [2.45, 2.75) is 6.92 Å². The van der Waals surface area contributed by atoms with Gasteiger partial charge in [-0.3, -0.25) is 0 Å². The maximum Gasteiger partial charge on any atom is 0.126 e. The van der Waals surface area contributed by atoms with E-state index in [4.69, 9.17) is 0 Å². The van der Waals surface area contributed by atoms with Gasteiger partial charge in [-0.05, 0) is 74.5 Å². The molecule has 0 heterocycles. The zero-order valence-corrected chi connectivity index (χ0v) is 13.4. The van der Waals surface area contributed by atoms with Crippen molar-refractivity contribution in [3.05, 3.63) is 78.4 Å². The Hall–Kier alpha value is -3.06. The summed E-state index contributed by atoms with van der Waals surface area (Å²) in [5.41, 5.74) is 0.910. The van der Waals surface area contributed by atoms with Gasteiger partial charge in [0.1, 0.15) is 5.75 Å². The Labute approximate surface area is 139 Å². The average Bonchev–Trinajstić information content (AvgIpc) is 2.62. The summed E-state index contributed by atoms with van der Waals surface area (Å²) < 4.78 is 0. The van der Waals surface area contributed by atoms with Crippen LogP contribution >= 0.6 is 0 Å². The number of fused-ring (bicyclic) bond motifs is 5. The lowest BCUT2D eigenvalue weighted by Crippen LogP contribution is -1.83. The molecule has 0 saturated heterocycles. The summed E-state index contributed by atoms with van der Waals surface area (Å²) in [6.45, 7) is 1.94. The monoisotopic (exact) mass is 308 g/mol. The highest BCUT2D eigenvalue weighted by atomic mass is 16.3. The van der Waals surface area contributed by atoms with Gasteiger partial charge in [-0.1, -0.05) is 48.5 Å². The molecule has 1 N–H and O–H groups in total. The van der Waals surface area contributed by atoms with E-state index >= 15 is 0 Å². The molecule has 0 unspecified atom stereocenters. The maximum absolute atomic E-state index is 10.5. The smallest absolute Gasteiger partial charge is 0.126 e. The van der Waals surface area contributed by atoms with Crippen molar-refractivity contribution >= 4 is 43.1 Å². The van der Waals surface area contributed by atoms with Crippen LogP contribution in [0.4, 0.5) is 0 Å². The fourth-order valence-electron chi connectivity index (χ4n) is 3.66. The third-order valence-corrected chi connectivity index (χ3v) is 5.01. The molecular weight excluding hydrogens is 292 g/mol. The van der Waals surface area contributed by atoms with Gasteiger partial charge < -0.3 is 5.11 Å². The zero-order chi connectivity index (χ0) is 16.3. The summed E-state index contributed by atoms with van der Waals surface area (Å²) in [6, 6.07) is 25.6. The van der Waals surface area contributed by atoms with Crippen molar-refractivity contribution in [3.63, 3.8) is 0 Å². The summed E-state index contributed by atoms with van der Waals surface area (Å²) in [7, 11) is 0. The summed E-state index contributed by atoms with van der Waals surface area (Å²) in [4.78, 5) is 0. The number of benzene rings is 5. The van der Waals surface area contributed by atoms with E-state index in [0.29, 0.717) is 5.75 Å². The van der Waals surface area contributed by atoms with Gasteiger partial charge >= 0.3 is 0 Å². The first-order chi connectivity index (χ1) is 11.7. The minimum absolute atomic E-state index is 0.382. The minimum Gasteiger partial charge on any atom is -0.507 e. The normalized spacial score (nSPS) is 11.7. The molecule has 0 atom stereocenters. The molecule has 1 nitrogen and oxygen atoms in total. The molecule has 114 valence electrons. The van der Waals surface area contributed by atoms with Crippen LogP contribution in [0.15, 0.2) is 72.8 Å². The van der Waals surface area contributed by atoms with Crippen LogP contribution in [0.5, 0.6) is 5.75 Å². The Morgan fingerprint density at radius 3 is 1.83 bits per heavy atom. The molecule has 5 aromatic rings. The lowest BCUT2D eigenvalue weighted by Gasteiger charge is -2.10. The van der Waals surface area contributed by atoms with Crippen molar-refractivity contribution in [1.82, 2.24) is 0 Å². The molecule has 5 aromatic carbocycles. The predicted molar refractivity (Wildman–Crippen MR) is 103 cm³/mol. The Bertz CT molecular complexity index is 1270. The van der Waals surface area contributed by atoms with Gasteiger partial charge in [-0.25, -0.2) is 0 Å². The highest BCUT2D eigenvalue weighted by Crippen LogP contribution is 2.35. The van der Waals surface area contributed by atoms with Crippen LogP contribution < -0.4 is 0 Å². The van der Waals surface area contributed by atoms with E-state index in [-0.39, 0.29) is 0 Å². The van der Waals surface area contributed by atoms with Crippen LogP contribution in [0.1, 0.15) is 5.56 Å². The number of phenols is 1. The molecule has 0 aromatic heterocycles. The van der Waals surface area contributed by atoms with E-state index in [0.717, 1.165) is 16.3 Å². The van der Waals surface area contributed by atoms with Gasteiger partial charge in [0, 0.05) is 5.39 Å². The van der Waals surface area contributed by atoms with E-state index in [1.54, 1.807) is 0 Å². The predicted octanol–water partition coefficient (Wildman–Crippen LogP) is 6.31. The first-order valence-corrected chi connectivity index (χ1v) is 8.18. The lowest BCUT2D eigenvalue weighted by atomic mass is 9.95.